The zero-order chi connectivity index (χ0) is 12.3. The molecule has 0 aromatic carbocycles. The summed E-state index contributed by atoms with van der Waals surface area (Å²) in [5.74, 6) is 0.637. The molecule has 2 heterocycles. The van der Waals surface area contributed by atoms with Crippen LogP contribution in [-0.2, 0) is 6.54 Å². The third-order valence-corrected chi connectivity index (χ3v) is 2.45. The molecule has 1 N–H and O–H groups in total. The second-order valence-electron chi connectivity index (χ2n) is 3.82. The number of rotatable bonds is 3. The fraction of sp³-hybridized carbons (Fsp3) is 0.250. The summed E-state index contributed by atoms with van der Waals surface area (Å²) in [6.45, 7) is 4.53. The SMILES string of the molecule is Cc1cc(C)nc(NCc2ccc(Cl)nc2)n1. The minimum atomic E-state index is 0.497. The summed E-state index contributed by atoms with van der Waals surface area (Å²) in [6, 6.07) is 5.63. The van der Waals surface area contributed by atoms with E-state index in [9.17, 15) is 0 Å². The summed E-state index contributed by atoms with van der Waals surface area (Å²) in [5.41, 5.74) is 2.95. The van der Waals surface area contributed by atoms with Gasteiger partial charge in [-0.2, -0.15) is 0 Å². The van der Waals surface area contributed by atoms with E-state index in [1.54, 1.807) is 12.3 Å². The van der Waals surface area contributed by atoms with Gasteiger partial charge in [0.05, 0.1) is 0 Å². The van der Waals surface area contributed by atoms with Crippen LogP contribution in [0.25, 0.3) is 0 Å². The van der Waals surface area contributed by atoms with Crippen molar-refractivity contribution in [2.24, 2.45) is 0 Å². The molecule has 2 rings (SSSR count). The van der Waals surface area contributed by atoms with Crippen LogP contribution in [0.1, 0.15) is 17.0 Å². The van der Waals surface area contributed by atoms with Crippen molar-refractivity contribution in [2.75, 3.05) is 5.32 Å². The predicted molar refractivity (Wildman–Crippen MR) is 68.1 cm³/mol. The molecule has 0 saturated heterocycles. The molecule has 0 bridgehead atoms. The van der Waals surface area contributed by atoms with Crippen LogP contribution in [0.5, 0.6) is 0 Å². The highest BCUT2D eigenvalue weighted by Gasteiger charge is 1.99. The molecule has 0 unspecified atom stereocenters. The van der Waals surface area contributed by atoms with Gasteiger partial charge in [0.2, 0.25) is 5.95 Å². The lowest BCUT2D eigenvalue weighted by molar-refractivity contribution is 0.998. The van der Waals surface area contributed by atoms with Crippen molar-refractivity contribution < 1.29 is 0 Å². The number of nitrogens with zero attached hydrogens (tertiary/aromatic N) is 3. The lowest BCUT2D eigenvalue weighted by Crippen LogP contribution is -2.05. The number of hydrogen-bond donors (Lipinski definition) is 1. The van der Waals surface area contributed by atoms with Crippen LogP contribution < -0.4 is 5.32 Å². The third kappa shape index (κ3) is 3.39. The van der Waals surface area contributed by atoms with E-state index in [2.05, 4.69) is 20.3 Å². The zero-order valence-electron chi connectivity index (χ0n) is 9.74. The Morgan fingerprint density at radius 3 is 2.47 bits per heavy atom. The van der Waals surface area contributed by atoms with E-state index in [1.165, 1.54) is 0 Å². The fourth-order valence-corrected chi connectivity index (χ4v) is 1.61. The molecule has 2 aromatic heterocycles. The van der Waals surface area contributed by atoms with Crippen molar-refractivity contribution in [3.8, 4) is 0 Å². The Morgan fingerprint density at radius 1 is 1.18 bits per heavy atom. The summed E-state index contributed by atoms with van der Waals surface area (Å²) < 4.78 is 0. The Bertz CT molecular complexity index is 490. The van der Waals surface area contributed by atoms with Crippen molar-refractivity contribution in [1.29, 1.82) is 0 Å². The Labute approximate surface area is 105 Å². The molecule has 0 aliphatic rings. The van der Waals surface area contributed by atoms with Gasteiger partial charge < -0.3 is 5.32 Å². The van der Waals surface area contributed by atoms with E-state index < -0.39 is 0 Å². The topological polar surface area (TPSA) is 50.7 Å². The number of halogens is 1. The maximum Gasteiger partial charge on any atom is 0.223 e. The number of anilines is 1. The molecule has 0 atom stereocenters. The van der Waals surface area contributed by atoms with Crippen LogP contribution in [0.2, 0.25) is 5.15 Å². The quantitative estimate of drug-likeness (QED) is 0.849. The highest BCUT2D eigenvalue weighted by atomic mass is 35.5. The van der Waals surface area contributed by atoms with Gasteiger partial charge in [-0.15, -0.1) is 0 Å². The summed E-state index contributed by atoms with van der Waals surface area (Å²) in [7, 11) is 0. The minimum Gasteiger partial charge on any atom is -0.350 e. The molecular formula is C12H13ClN4. The standard InChI is InChI=1S/C12H13ClN4/c1-8-5-9(2)17-12(16-8)15-7-10-3-4-11(13)14-6-10/h3-6H,7H2,1-2H3,(H,15,16,17). The number of pyridine rings is 1. The molecule has 0 amide bonds. The van der Waals surface area contributed by atoms with E-state index in [1.807, 2.05) is 26.0 Å². The number of aryl methyl sites for hydroxylation is 2. The summed E-state index contributed by atoms with van der Waals surface area (Å²) >= 11 is 5.71. The Hall–Kier alpha value is -1.68. The largest absolute Gasteiger partial charge is 0.350 e. The van der Waals surface area contributed by atoms with E-state index in [-0.39, 0.29) is 0 Å². The van der Waals surface area contributed by atoms with Gasteiger partial charge in [0.15, 0.2) is 0 Å². The molecule has 0 aliphatic carbocycles. The average Bonchev–Trinajstić information content (AvgIpc) is 2.27. The predicted octanol–water partition coefficient (Wildman–Crippen LogP) is 2.75. The first-order valence-electron chi connectivity index (χ1n) is 5.30. The van der Waals surface area contributed by atoms with E-state index in [0.29, 0.717) is 17.6 Å². The molecule has 0 spiro atoms. The molecule has 2 aromatic rings. The molecule has 5 heteroatoms. The molecule has 0 fully saturated rings. The second-order valence-corrected chi connectivity index (χ2v) is 4.20. The van der Waals surface area contributed by atoms with Crippen LogP contribution in [-0.4, -0.2) is 15.0 Å². The van der Waals surface area contributed by atoms with Gasteiger partial charge in [-0.1, -0.05) is 17.7 Å². The van der Waals surface area contributed by atoms with Crippen LogP contribution in [0, 0.1) is 13.8 Å². The van der Waals surface area contributed by atoms with Crippen LogP contribution in [0.15, 0.2) is 24.4 Å². The van der Waals surface area contributed by atoms with Crippen molar-refractivity contribution in [1.82, 2.24) is 15.0 Å². The maximum absolute atomic E-state index is 5.71. The average molecular weight is 249 g/mol. The fourth-order valence-electron chi connectivity index (χ4n) is 1.50. The van der Waals surface area contributed by atoms with E-state index >= 15 is 0 Å². The van der Waals surface area contributed by atoms with Gasteiger partial charge >= 0.3 is 0 Å². The number of nitrogens with one attached hydrogen (secondary N) is 1. The number of aromatic nitrogens is 3. The van der Waals surface area contributed by atoms with Gasteiger partial charge in [-0.3, -0.25) is 0 Å². The van der Waals surface area contributed by atoms with E-state index in [0.717, 1.165) is 17.0 Å². The first-order chi connectivity index (χ1) is 8.13. The second kappa shape index (κ2) is 5.10. The van der Waals surface area contributed by atoms with E-state index in [4.69, 9.17) is 11.6 Å². The first-order valence-corrected chi connectivity index (χ1v) is 5.68. The number of hydrogen-bond acceptors (Lipinski definition) is 4. The normalized spacial score (nSPS) is 10.3. The molecule has 4 nitrogen and oxygen atoms in total. The molecule has 0 saturated carbocycles. The molecule has 17 heavy (non-hydrogen) atoms. The Kier molecular flexibility index (Phi) is 3.54. The summed E-state index contributed by atoms with van der Waals surface area (Å²) in [4.78, 5) is 12.6. The Balaban J connectivity index is 2.04. The highest BCUT2D eigenvalue weighted by Crippen LogP contribution is 2.08. The Morgan fingerprint density at radius 2 is 1.88 bits per heavy atom. The molecule has 0 radical (unpaired) electrons. The van der Waals surface area contributed by atoms with Crippen LogP contribution in [0.3, 0.4) is 0 Å². The van der Waals surface area contributed by atoms with Crippen molar-refractivity contribution in [2.45, 2.75) is 20.4 Å². The monoisotopic (exact) mass is 248 g/mol. The third-order valence-electron chi connectivity index (χ3n) is 2.22. The summed E-state index contributed by atoms with van der Waals surface area (Å²) in [6.07, 6.45) is 1.73. The van der Waals surface area contributed by atoms with Crippen molar-refractivity contribution in [3.05, 3.63) is 46.5 Å². The minimum absolute atomic E-state index is 0.497. The zero-order valence-corrected chi connectivity index (χ0v) is 10.5. The lowest BCUT2D eigenvalue weighted by Gasteiger charge is -2.06. The summed E-state index contributed by atoms with van der Waals surface area (Å²) in [5, 5.41) is 3.65. The van der Waals surface area contributed by atoms with Gasteiger partial charge in [0.1, 0.15) is 5.15 Å². The van der Waals surface area contributed by atoms with Crippen molar-refractivity contribution in [3.63, 3.8) is 0 Å². The van der Waals surface area contributed by atoms with Gasteiger partial charge in [-0.05, 0) is 31.5 Å². The van der Waals surface area contributed by atoms with Crippen LogP contribution in [0.4, 0.5) is 5.95 Å². The maximum atomic E-state index is 5.71. The molecule has 0 aliphatic heterocycles. The smallest absolute Gasteiger partial charge is 0.223 e. The van der Waals surface area contributed by atoms with Crippen LogP contribution >= 0.6 is 11.6 Å². The molecule has 88 valence electrons. The van der Waals surface area contributed by atoms with Crippen molar-refractivity contribution >= 4 is 17.5 Å². The highest BCUT2D eigenvalue weighted by molar-refractivity contribution is 6.29. The van der Waals surface area contributed by atoms with Gasteiger partial charge in [0.25, 0.3) is 0 Å². The molecular weight excluding hydrogens is 236 g/mol. The van der Waals surface area contributed by atoms with Gasteiger partial charge in [0, 0.05) is 24.1 Å². The first kappa shape index (κ1) is 11.8. The lowest BCUT2D eigenvalue weighted by atomic mass is 10.3. The van der Waals surface area contributed by atoms with Gasteiger partial charge in [-0.25, -0.2) is 15.0 Å².